The minimum atomic E-state index is -0.794. The average molecular weight is 480 g/mol. The second-order valence-electron chi connectivity index (χ2n) is 9.63. The zero-order chi connectivity index (χ0) is 25.1. The molecule has 1 aliphatic rings. The minimum absolute atomic E-state index is 0.0415. The van der Waals surface area contributed by atoms with Crippen molar-refractivity contribution in [2.45, 2.75) is 57.6 Å². The van der Waals surface area contributed by atoms with E-state index in [0.717, 1.165) is 51.9 Å². The van der Waals surface area contributed by atoms with E-state index >= 15 is 0 Å². The molecular weight excluding hydrogens is 450 g/mol. The summed E-state index contributed by atoms with van der Waals surface area (Å²) in [6.07, 6.45) is 4.83. The summed E-state index contributed by atoms with van der Waals surface area (Å²) in [6, 6.07) is 24.3. The topological polar surface area (TPSA) is 88.1 Å². The second-order valence-corrected chi connectivity index (χ2v) is 9.63. The fourth-order valence-corrected chi connectivity index (χ4v) is 5.05. The van der Waals surface area contributed by atoms with Gasteiger partial charge in [-0.25, -0.2) is 0 Å². The lowest BCUT2D eigenvalue weighted by Gasteiger charge is -2.13. The zero-order valence-electron chi connectivity index (χ0n) is 20.4. The molecule has 0 radical (unpaired) electrons. The van der Waals surface area contributed by atoms with Gasteiger partial charge in [0.1, 0.15) is 18.1 Å². The van der Waals surface area contributed by atoms with Crippen LogP contribution in [-0.4, -0.2) is 20.9 Å². The van der Waals surface area contributed by atoms with E-state index in [1.807, 2.05) is 55.5 Å². The number of rotatable bonds is 8. The van der Waals surface area contributed by atoms with E-state index in [0.29, 0.717) is 18.2 Å². The number of carbonyl (C=O) groups is 1. The van der Waals surface area contributed by atoms with Crippen molar-refractivity contribution in [3.05, 3.63) is 83.4 Å². The zero-order valence-corrected chi connectivity index (χ0v) is 20.4. The lowest BCUT2D eigenvalue weighted by Crippen LogP contribution is -2.06. The Bertz CT molecular complexity index is 1410. The lowest BCUT2D eigenvalue weighted by atomic mass is 9.98. The highest BCUT2D eigenvalue weighted by Gasteiger charge is 2.22. The molecule has 36 heavy (non-hydrogen) atoms. The van der Waals surface area contributed by atoms with Crippen molar-refractivity contribution in [1.82, 2.24) is 9.78 Å². The molecule has 5 rings (SSSR count). The molecule has 3 aromatic carbocycles. The molecule has 1 unspecified atom stereocenters. The van der Waals surface area contributed by atoms with E-state index in [1.54, 1.807) is 0 Å². The third-order valence-corrected chi connectivity index (χ3v) is 7.07. The van der Waals surface area contributed by atoms with Gasteiger partial charge in [-0.15, -0.1) is 0 Å². The highest BCUT2D eigenvalue weighted by atomic mass is 16.5. The first-order valence-corrected chi connectivity index (χ1v) is 12.5. The number of nitrogens with zero attached hydrogens (tertiary/aromatic N) is 3. The first-order chi connectivity index (χ1) is 17.5. The lowest BCUT2D eigenvalue weighted by molar-refractivity contribution is -0.137. The first-order valence-electron chi connectivity index (χ1n) is 12.5. The van der Waals surface area contributed by atoms with E-state index in [4.69, 9.17) is 20.2 Å². The van der Waals surface area contributed by atoms with Gasteiger partial charge in [0.25, 0.3) is 0 Å². The standard InChI is InChI=1S/C30H29N3O3/c1-20(16-29(34)35)23-11-13-26(14-12-23)36-19-22-8-15-27-28(17-22)33(25-4-2-3-5-25)32-30(27)24-9-6-21(18-31)7-10-24/h6-15,17,20,25H,2-5,16,19H2,1H3,(H,34,35). The molecule has 0 spiro atoms. The van der Waals surface area contributed by atoms with Gasteiger partial charge in [0, 0.05) is 10.9 Å². The number of benzene rings is 3. The van der Waals surface area contributed by atoms with Gasteiger partial charge in [-0.2, -0.15) is 10.4 Å². The van der Waals surface area contributed by atoms with Crippen molar-refractivity contribution in [3.63, 3.8) is 0 Å². The predicted octanol–water partition coefficient (Wildman–Crippen LogP) is 6.85. The largest absolute Gasteiger partial charge is 0.489 e. The fraction of sp³-hybridized carbons (Fsp3) is 0.300. The number of hydrogen-bond acceptors (Lipinski definition) is 4. The Morgan fingerprint density at radius 2 is 1.83 bits per heavy atom. The molecule has 6 nitrogen and oxygen atoms in total. The third kappa shape index (κ3) is 4.96. The molecule has 0 saturated heterocycles. The summed E-state index contributed by atoms with van der Waals surface area (Å²) >= 11 is 0. The van der Waals surface area contributed by atoms with Crippen molar-refractivity contribution in [3.8, 4) is 23.1 Å². The van der Waals surface area contributed by atoms with E-state index in [9.17, 15) is 4.79 Å². The van der Waals surface area contributed by atoms with Gasteiger partial charge >= 0.3 is 5.97 Å². The van der Waals surface area contributed by atoms with Crippen LogP contribution in [-0.2, 0) is 11.4 Å². The number of carboxylic acid groups (broad SMARTS) is 1. The van der Waals surface area contributed by atoms with Gasteiger partial charge in [-0.3, -0.25) is 9.48 Å². The van der Waals surface area contributed by atoms with Crippen molar-refractivity contribution in [2.24, 2.45) is 0 Å². The van der Waals surface area contributed by atoms with E-state index in [1.165, 1.54) is 12.8 Å². The number of ether oxygens (including phenoxy) is 1. The molecule has 1 atom stereocenters. The summed E-state index contributed by atoms with van der Waals surface area (Å²) in [5.74, 6) is -0.0820. The van der Waals surface area contributed by atoms with Crippen molar-refractivity contribution in [1.29, 1.82) is 5.26 Å². The van der Waals surface area contributed by atoms with Crippen molar-refractivity contribution in [2.75, 3.05) is 0 Å². The summed E-state index contributed by atoms with van der Waals surface area (Å²) in [4.78, 5) is 11.0. The maximum atomic E-state index is 11.0. The molecule has 4 aromatic rings. The molecule has 0 aliphatic heterocycles. The maximum Gasteiger partial charge on any atom is 0.303 e. The van der Waals surface area contributed by atoms with Gasteiger partial charge in [0.05, 0.1) is 29.6 Å². The summed E-state index contributed by atoms with van der Waals surface area (Å²) in [5.41, 5.74) is 5.76. The Morgan fingerprint density at radius 1 is 1.11 bits per heavy atom. The van der Waals surface area contributed by atoms with Crippen LogP contribution in [0, 0.1) is 11.3 Å². The van der Waals surface area contributed by atoms with Crippen molar-refractivity contribution < 1.29 is 14.6 Å². The van der Waals surface area contributed by atoms with Crippen molar-refractivity contribution >= 4 is 16.9 Å². The molecule has 0 bridgehead atoms. The number of aromatic nitrogens is 2. The van der Waals surface area contributed by atoms with Crippen LogP contribution in [0.1, 0.15) is 67.7 Å². The van der Waals surface area contributed by atoms with Crippen LogP contribution < -0.4 is 4.74 Å². The number of hydrogen-bond donors (Lipinski definition) is 1. The molecule has 0 amide bonds. The van der Waals surface area contributed by atoms with Gasteiger partial charge < -0.3 is 9.84 Å². The minimum Gasteiger partial charge on any atom is -0.489 e. The smallest absolute Gasteiger partial charge is 0.303 e. The Balaban J connectivity index is 1.39. The van der Waals surface area contributed by atoms with E-state index in [-0.39, 0.29) is 12.3 Å². The maximum absolute atomic E-state index is 11.0. The molecule has 1 N–H and O–H groups in total. The Hall–Kier alpha value is -4.11. The van der Waals surface area contributed by atoms with Crippen LogP contribution in [0.5, 0.6) is 5.75 Å². The first kappa shape index (κ1) is 23.6. The highest BCUT2D eigenvalue weighted by Crippen LogP contribution is 2.36. The molecule has 1 fully saturated rings. The summed E-state index contributed by atoms with van der Waals surface area (Å²) in [6.45, 7) is 2.35. The quantitative estimate of drug-likeness (QED) is 0.299. The van der Waals surface area contributed by atoms with Crippen LogP contribution in [0.3, 0.4) is 0 Å². The van der Waals surface area contributed by atoms with E-state index in [2.05, 4.69) is 29.0 Å². The molecule has 1 heterocycles. The van der Waals surface area contributed by atoms with Crippen LogP contribution >= 0.6 is 0 Å². The third-order valence-electron chi connectivity index (χ3n) is 7.07. The number of nitriles is 1. The normalized spacial score (nSPS) is 14.6. The predicted molar refractivity (Wildman–Crippen MR) is 139 cm³/mol. The number of aliphatic carboxylic acids is 1. The monoisotopic (exact) mass is 479 g/mol. The Labute approximate surface area is 210 Å². The molecular formula is C30H29N3O3. The molecule has 1 aromatic heterocycles. The molecule has 1 saturated carbocycles. The second kappa shape index (κ2) is 10.2. The van der Waals surface area contributed by atoms with Crippen LogP contribution in [0.4, 0.5) is 0 Å². The van der Waals surface area contributed by atoms with Crippen LogP contribution in [0.15, 0.2) is 66.7 Å². The Kier molecular flexibility index (Phi) is 6.73. The van der Waals surface area contributed by atoms with Crippen LogP contribution in [0.2, 0.25) is 0 Å². The van der Waals surface area contributed by atoms with Gasteiger partial charge in [-0.05, 0) is 60.2 Å². The Morgan fingerprint density at radius 3 is 2.50 bits per heavy atom. The van der Waals surface area contributed by atoms with Gasteiger partial charge in [-0.1, -0.05) is 56.2 Å². The van der Waals surface area contributed by atoms with Gasteiger partial charge in [0.2, 0.25) is 0 Å². The van der Waals surface area contributed by atoms with Crippen LogP contribution in [0.25, 0.3) is 22.2 Å². The SMILES string of the molecule is CC(CC(=O)O)c1ccc(OCc2ccc3c(-c4ccc(C#N)cc4)nn(C4CCCC4)c3c2)cc1. The summed E-state index contributed by atoms with van der Waals surface area (Å²) in [7, 11) is 0. The molecule has 182 valence electrons. The summed E-state index contributed by atoms with van der Waals surface area (Å²) < 4.78 is 8.25. The van der Waals surface area contributed by atoms with Gasteiger partial charge in [0.15, 0.2) is 0 Å². The molecule has 1 aliphatic carbocycles. The average Bonchev–Trinajstić information content (AvgIpc) is 3.55. The molecule has 6 heteroatoms. The highest BCUT2D eigenvalue weighted by molar-refractivity contribution is 5.94. The fourth-order valence-electron chi connectivity index (χ4n) is 5.05. The number of carboxylic acids is 1. The number of fused-ring (bicyclic) bond motifs is 1. The summed E-state index contributed by atoms with van der Waals surface area (Å²) in [5, 5.41) is 24.3. The van der Waals surface area contributed by atoms with E-state index < -0.39 is 5.97 Å².